The third-order valence-electron chi connectivity index (χ3n) is 3.60. The zero-order chi connectivity index (χ0) is 21.4. The molecule has 0 bridgehead atoms. The summed E-state index contributed by atoms with van der Waals surface area (Å²) in [6.07, 6.45) is 2.28. The van der Waals surface area contributed by atoms with E-state index in [2.05, 4.69) is 15.4 Å². The van der Waals surface area contributed by atoms with E-state index in [0.717, 1.165) is 5.56 Å². The van der Waals surface area contributed by atoms with Crippen LogP contribution in [0, 0.1) is 0 Å². The Morgan fingerprint density at radius 1 is 0.897 bits per heavy atom. The molecular weight excluding hydrogens is 372 g/mol. The minimum absolute atomic E-state index is 0.341. The van der Waals surface area contributed by atoms with E-state index >= 15 is 0 Å². The Hall–Kier alpha value is -3.61. The molecule has 152 valence electrons. The molecule has 2 amide bonds. The summed E-state index contributed by atoms with van der Waals surface area (Å²) in [5.41, 5.74) is 1.41. The standard InChI is InChI=1S/C22H24N2O5/c1-22(2,3)29-21(27)24-18-8-6-5-7-17(18)23-20(26)16-12-9-15(10-13-16)11-14-19(25)28-4/h5-14H,1-4H3,(H,23,26)(H,24,27)/b14-11+. The molecule has 0 unspecified atom stereocenters. The summed E-state index contributed by atoms with van der Waals surface area (Å²) in [6, 6.07) is 13.5. The van der Waals surface area contributed by atoms with Gasteiger partial charge in [-0.05, 0) is 56.7 Å². The average molecular weight is 396 g/mol. The maximum absolute atomic E-state index is 12.6. The van der Waals surface area contributed by atoms with Crippen molar-refractivity contribution in [2.75, 3.05) is 17.7 Å². The van der Waals surface area contributed by atoms with E-state index in [1.54, 1.807) is 75.4 Å². The molecule has 0 atom stereocenters. The summed E-state index contributed by atoms with van der Waals surface area (Å²) in [6.45, 7) is 5.30. The number of esters is 1. The highest BCUT2D eigenvalue weighted by Gasteiger charge is 2.17. The lowest BCUT2D eigenvalue weighted by Gasteiger charge is -2.20. The Bertz CT molecular complexity index is 912. The van der Waals surface area contributed by atoms with Crippen LogP contribution in [0.4, 0.5) is 16.2 Å². The normalized spacial score (nSPS) is 11.0. The second kappa shape index (κ2) is 9.54. The Morgan fingerprint density at radius 2 is 1.48 bits per heavy atom. The third kappa shape index (κ3) is 7.14. The molecule has 0 spiro atoms. The quantitative estimate of drug-likeness (QED) is 0.574. The summed E-state index contributed by atoms with van der Waals surface area (Å²) in [5.74, 6) is -0.798. The van der Waals surface area contributed by atoms with Gasteiger partial charge in [-0.1, -0.05) is 24.3 Å². The lowest BCUT2D eigenvalue weighted by Crippen LogP contribution is -2.27. The molecule has 0 fully saturated rings. The Morgan fingerprint density at radius 3 is 2.03 bits per heavy atom. The molecule has 0 aliphatic heterocycles. The number of nitrogens with one attached hydrogen (secondary N) is 2. The number of rotatable bonds is 5. The minimum atomic E-state index is -0.633. The highest BCUT2D eigenvalue weighted by Crippen LogP contribution is 2.23. The van der Waals surface area contributed by atoms with Crippen molar-refractivity contribution < 1.29 is 23.9 Å². The summed E-state index contributed by atoms with van der Waals surface area (Å²) < 4.78 is 9.78. The molecule has 0 radical (unpaired) electrons. The van der Waals surface area contributed by atoms with E-state index in [1.807, 2.05) is 0 Å². The lowest BCUT2D eigenvalue weighted by molar-refractivity contribution is -0.134. The summed E-state index contributed by atoms with van der Waals surface area (Å²) in [7, 11) is 1.30. The molecule has 7 nitrogen and oxygen atoms in total. The van der Waals surface area contributed by atoms with Gasteiger partial charge in [0, 0.05) is 11.6 Å². The fraction of sp³-hybridized carbons (Fsp3) is 0.227. The number of benzene rings is 2. The predicted octanol–water partition coefficient (Wildman–Crippen LogP) is 4.47. The van der Waals surface area contributed by atoms with Crippen molar-refractivity contribution in [3.63, 3.8) is 0 Å². The van der Waals surface area contributed by atoms with Crippen molar-refractivity contribution in [2.24, 2.45) is 0 Å². The topological polar surface area (TPSA) is 93.7 Å². The van der Waals surface area contributed by atoms with Crippen molar-refractivity contribution in [1.29, 1.82) is 0 Å². The van der Waals surface area contributed by atoms with Crippen LogP contribution in [-0.4, -0.2) is 30.7 Å². The first-order chi connectivity index (χ1) is 13.7. The van der Waals surface area contributed by atoms with Crippen LogP contribution < -0.4 is 10.6 Å². The van der Waals surface area contributed by atoms with Crippen LogP contribution in [-0.2, 0) is 14.3 Å². The van der Waals surface area contributed by atoms with Gasteiger partial charge in [0.1, 0.15) is 5.60 Å². The minimum Gasteiger partial charge on any atom is -0.466 e. The third-order valence-corrected chi connectivity index (χ3v) is 3.60. The largest absolute Gasteiger partial charge is 0.466 e. The molecule has 2 aromatic carbocycles. The summed E-state index contributed by atoms with van der Waals surface area (Å²) in [4.78, 5) is 35.7. The van der Waals surface area contributed by atoms with Crippen molar-refractivity contribution in [3.8, 4) is 0 Å². The van der Waals surface area contributed by atoms with Gasteiger partial charge in [0.05, 0.1) is 18.5 Å². The number of amides is 2. The van der Waals surface area contributed by atoms with Gasteiger partial charge in [0.2, 0.25) is 0 Å². The molecule has 29 heavy (non-hydrogen) atoms. The zero-order valence-corrected chi connectivity index (χ0v) is 16.8. The van der Waals surface area contributed by atoms with Crippen LogP contribution in [0.2, 0.25) is 0 Å². The van der Waals surface area contributed by atoms with Crippen molar-refractivity contribution >= 4 is 35.4 Å². The maximum Gasteiger partial charge on any atom is 0.412 e. The van der Waals surface area contributed by atoms with Crippen LogP contribution in [0.15, 0.2) is 54.6 Å². The molecular formula is C22H24N2O5. The summed E-state index contributed by atoms with van der Waals surface area (Å²) >= 11 is 0. The van der Waals surface area contributed by atoms with E-state index in [0.29, 0.717) is 16.9 Å². The van der Waals surface area contributed by atoms with Gasteiger partial charge >= 0.3 is 12.1 Å². The number of para-hydroxylation sites is 2. The number of hydrogen-bond acceptors (Lipinski definition) is 5. The molecule has 0 heterocycles. The number of hydrogen-bond donors (Lipinski definition) is 2. The van der Waals surface area contributed by atoms with Crippen molar-refractivity contribution in [3.05, 3.63) is 65.7 Å². The molecule has 0 aliphatic rings. The van der Waals surface area contributed by atoms with Crippen molar-refractivity contribution in [2.45, 2.75) is 26.4 Å². The van der Waals surface area contributed by atoms with Crippen LogP contribution in [0.3, 0.4) is 0 Å². The number of carbonyl (C=O) groups is 3. The Balaban J connectivity index is 2.08. The molecule has 0 saturated heterocycles. The predicted molar refractivity (Wildman–Crippen MR) is 112 cm³/mol. The molecule has 0 aromatic heterocycles. The van der Waals surface area contributed by atoms with E-state index in [9.17, 15) is 14.4 Å². The molecule has 7 heteroatoms. The molecule has 0 saturated carbocycles. The number of ether oxygens (including phenoxy) is 2. The number of anilines is 2. The Kier molecular flexibility index (Phi) is 7.14. The first-order valence-corrected chi connectivity index (χ1v) is 8.94. The molecule has 2 N–H and O–H groups in total. The van der Waals surface area contributed by atoms with Crippen LogP contribution in [0.1, 0.15) is 36.7 Å². The monoisotopic (exact) mass is 396 g/mol. The van der Waals surface area contributed by atoms with Crippen molar-refractivity contribution in [1.82, 2.24) is 0 Å². The van der Waals surface area contributed by atoms with E-state index in [4.69, 9.17) is 4.74 Å². The van der Waals surface area contributed by atoms with Gasteiger partial charge < -0.3 is 14.8 Å². The van der Waals surface area contributed by atoms with E-state index < -0.39 is 17.7 Å². The first-order valence-electron chi connectivity index (χ1n) is 8.94. The van der Waals surface area contributed by atoms with Gasteiger partial charge in [-0.3, -0.25) is 10.1 Å². The number of methoxy groups -OCH3 is 1. The molecule has 2 aromatic rings. The van der Waals surface area contributed by atoms with Gasteiger partial charge in [-0.2, -0.15) is 0 Å². The zero-order valence-electron chi connectivity index (χ0n) is 16.8. The van der Waals surface area contributed by atoms with Crippen LogP contribution in [0.25, 0.3) is 6.08 Å². The van der Waals surface area contributed by atoms with E-state index in [-0.39, 0.29) is 5.91 Å². The van der Waals surface area contributed by atoms with Gasteiger partial charge in [0.15, 0.2) is 0 Å². The molecule has 0 aliphatic carbocycles. The molecule has 2 rings (SSSR count). The van der Waals surface area contributed by atoms with Gasteiger partial charge in [0.25, 0.3) is 5.91 Å². The Labute approximate surface area is 169 Å². The van der Waals surface area contributed by atoms with Gasteiger partial charge in [-0.15, -0.1) is 0 Å². The van der Waals surface area contributed by atoms with Gasteiger partial charge in [-0.25, -0.2) is 9.59 Å². The average Bonchev–Trinajstić information content (AvgIpc) is 2.66. The van der Waals surface area contributed by atoms with E-state index in [1.165, 1.54) is 13.2 Å². The fourth-order valence-electron chi connectivity index (χ4n) is 2.29. The lowest BCUT2D eigenvalue weighted by atomic mass is 10.1. The smallest absolute Gasteiger partial charge is 0.412 e. The first kappa shape index (κ1) is 21.7. The second-order valence-electron chi connectivity index (χ2n) is 7.11. The highest BCUT2D eigenvalue weighted by molar-refractivity contribution is 6.07. The van der Waals surface area contributed by atoms with Crippen LogP contribution in [0.5, 0.6) is 0 Å². The summed E-state index contributed by atoms with van der Waals surface area (Å²) in [5, 5.41) is 5.41. The highest BCUT2D eigenvalue weighted by atomic mass is 16.6. The SMILES string of the molecule is COC(=O)/C=C/c1ccc(C(=O)Nc2ccccc2NC(=O)OC(C)(C)C)cc1. The fourth-order valence-corrected chi connectivity index (χ4v) is 2.29. The second-order valence-corrected chi connectivity index (χ2v) is 7.11. The number of carbonyl (C=O) groups excluding carboxylic acids is 3. The van der Waals surface area contributed by atoms with Crippen LogP contribution >= 0.6 is 0 Å². The maximum atomic E-state index is 12.6.